The fourth-order valence-electron chi connectivity index (χ4n) is 3.44. The summed E-state index contributed by atoms with van der Waals surface area (Å²) in [5, 5.41) is 3.28. The van der Waals surface area contributed by atoms with Gasteiger partial charge in [0.1, 0.15) is 35.9 Å². The molecule has 0 aliphatic heterocycles. The molecule has 0 aliphatic rings. The normalized spacial score (nSPS) is 10.7. The number of carbonyl (C=O) groups excluding carboxylic acids is 1. The summed E-state index contributed by atoms with van der Waals surface area (Å²) in [6, 6.07) is 20.6. The van der Waals surface area contributed by atoms with Crippen molar-refractivity contribution < 1.29 is 27.8 Å². The predicted molar refractivity (Wildman–Crippen MR) is 129 cm³/mol. The summed E-state index contributed by atoms with van der Waals surface area (Å²) in [7, 11) is 1.25. The number of rotatable bonds is 10. The first-order valence-corrected chi connectivity index (χ1v) is 11.0. The number of hydrogen-bond donors (Lipinski definition) is 1. The molecule has 0 atom stereocenters. The van der Waals surface area contributed by atoms with Crippen LogP contribution in [0.25, 0.3) is 10.9 Å². The zero-order chi connectivity index (χ0) is 24.6. The third-order valence-electron chi connectivity index (χ3n) is 5.29. The van der Waals surface area contributed by atoms with Gasteiger partial charge in [0, 0.05) is 17.9 Å². The third-order valence-corrected chi connectivity index (χ3v) is 5.29. The second-order valence-electron chi connectivity index (χ2n) is 7.71. The van der Waals surface area contributed by atoms with Crippen LogP contribution < -0.4 is 14.8 Å². The zero-order valence-corrected chi connectivity index (χ0v) is 19.1. The van der Waals surface area contributed by atoms with Crippen LogP contribution in [0, 0.1) is 11.6 Å². The number of hydrogen-bond acceptors (Lipinski definition) is 6. The molecule has 4 aromatic rings. The highest BCUT2D eigenvalue weighted by Crippen LogP contribution is 2.35. The lowest BCUT2D eigenvalue weighted by Gasteiger charge is -2.16. The number of halogens is 2. The number of ether oxygens (including phenoxy) is 3. The van der Waals surface area contributed by atoms with E-state index < -0.39 is 11.8 Å². The number of benzene rings is 3. The Hall–Kier alpha value is -4.20. The van der Waals surface area contributed by atoms with Crippen LogP contribution in [-0.4, -0.2) is 31.2 Å². The molecule has 0 spiro atoms. The van der Waals surface area contributed by atoms with Crippen LogP contribution in [0.2, 0.25) is 0 Å². The van der Waals surface area contributed by atoms with Gasteiger partial charge >= 0.3 is 5.97 Å². The number of carbonyl (C=O) groups is 1. The average Bonchev–Trinajstić information content (AvgIpc) is 2.89. The van der Waals surface area contributed by atoms with Crippen LogP contribution in [0.3, 0.4) is 0 Å². The third kappa shape index (κ3) is 6.23. The van der Waals surface area contributed by atoms with Gasteiger partial charge < -0.3 is 19.5 Å². The van der Waals surface area contributed by atoms with Crippen molar-refractivity contribution in [3.05, 3.63) is 95.6 Å². The number of aromatic nitrogens is 1. The smallest absolute Gasteiger partial charge is 0.325 e. The van der Waals surface area contributed by atoms with E-state index >= 15 is 4.39 Å². The van der Waals surface area contributed by atoms with E-state index in [4.69, 9.17) is 9.47 Å². The number of anilines is 1. The van der Waals surface area contributed by atoms with Gasteiger partial charge in [0.25, 0.3) is 0 Å². The molecule has 0 saturated carbocycles. The molecule has 8 heteroatoms. The Morgan fingerprint density at radius 2 is 1.71 bits per heavy atom. The largest absolute Gasteiger partial charge is 0.487 e. The Kier molecular flexibility index (Phi) is 7.72. The van der Waals surface area contributed by atoms with E-state index in [0.29, 0.717) is 11.8 Å². The molecule has 180 valence electrons. The lowest BCUT2D eigenvalue weighted by Crippen LogP contribution is -2.16. The summed E-state index contributed by atoms with van der Waals surface area (Å²) in [6.45, 7) is 0.267. The minimum absolute atomic E-state index is 0.00907. The SMILES string of the molecule is COC(=O)CNc1c(OCc2ccccc2)cc2ccc(OCCc3ccc(F)cc3)nc2c1F. The van der Waals surface area contributed by atoms with Crippen LogP contribution in [0.5, 0.6) is 11.6 Å². The number of esters is 1. The summed E-state index contributed by atoms with van der Waals surface area (Å²) in [4.78, 5) is 16.0. The Morgan fingerprint density at radius 1 is 0.943 bits per heavy atom. The Bertz CT molecular complexity index is 1300. The lowest BCUT2D eigenvalue weighted by atomic mass is 10.1. The number of pyridine rings is 1. The molecule has 0 unspecified atom stereocenters. The van der Waals surface area contributed by atoms with Gasteiger partial charge in [-0.05, 0) is 35.4 Å². The van der Waals surface area contributed by atoms with Crippen LogP contribution in [-0.2, 0) is 22.6 Å². The van der Waals surface area contributed by atoms with Crippen LogP contribution in [0.1, 0.15) is 11.1 Å². The quantitative estimate of drug-likeness (QED) is 0.312. The number of methoxy groups -OCH3 is 1. The first-order chi connectivity index (χ1) is 17.0. The van der Waals surface area contributed by atoms with Gasteiger partial charge in [-0.25, -0.2) is 13.8 Å². The minimum atomic E-state index is -0.668. The van der Waals surface area contributed by atoms with Crippen molar-refractivity contribution in [1.29, 1.82) is 0 Å². The van der Waals surface area contributed by atoms with Crippen LogP contribution in [0.4, 0.5) is 14.5 Å². The molecule has 0 bridgehead atoms. The van der Waals surface area contributed by atoms with Crippen molar-refractivity contribution in [3.63, 3.8) is 0 Å². The summed E-state index contributed by atoms with van der Waals surface area (Å²) in [5.41, 5.74) is 1.90. The summed E-state index contributed by atoms with van der Waals surface area (Å²) in [6.07, 6.45) is 0.542. The number of fused-ring (bicyclic) bond motifs is 1. The first kappa shape index (κ1) is 23.9. The van der Waals surface area contributed by atoms with E-state index in [-0.39, 0.29) is 48.4 Å². The molecule has 1 aromatic heterocycles. The van der Waals surface area contributed by atoms with Crippen LogP contribution >= 0.6 is 0 Å². The molecule has 4 rings (SSSR count). The molecule has 1 N–H and O–H groups in total. The molecule has 0 amide bonds. The van der Waals surface area contributed by atoms with Crippen molar-refractivity contribution >= 4 is 22.6 Å². The van der Waals surface area contributed by atoms with E-state index in [9.17, 15) is 9.18 Å². The molecular formula is C27H24F2N2O4. The van der Waals surface area contributed by atoms with Gasteiger partial charge in [0.2, 0.25) is 5.88 Å². The standard InChI is InChI=1S/C27H24F2N2O4/c1-33-24(32)16-30-27-22(35-17-19-5-3-2-4-6-19)15-20-9-12-23(31-26(20)25(27)29)34-14-13-18-7-10-21(28)11-8-18/h2-12,15,30H,13-14,16-17H2,1H3. The van der Waals surface area contributed by atoms with Crippen molar-refractivity contribution in [2.24, 2.45) is 0 Å². The van der Waals surface area contributed by atoms with Crippen LogP contribution in [0.15, 0.2) is 72.8 Å². The fraction of sp³-hybridized carbons (Fsp3) is 0.185. The van der Waals surface area contributed by atoms with E-state index in [0.717, 1.165) is 11.1 Å². The van der Waals surface area contributed by atoms with E-state index in [1.165, 1.54) is 19.2 Å². The highest BCUT2D eigenvalue weighted by atomic mass is 19.1. The maximum Gasteiger partial charge on any atom is 0.325 e. The monoisotopic (exact) mass is 478 g/mol. The number of nitrogens with one attached hydrogen (secondary N) is 1. The lowest BCUT2D eigenvalue weighted by molar-refractivity contribution is -0.138. The highest BCUT2D eigenvalue weighted by molar-refractivity contribution is 5.88. The fourth-order valence-corrected chi connectivity index (χ4v) is 3.44. The Balaban J connectivity index is 1.56. The van der Waals surface area contributed by atoms with Crippen molar-refractivity contribution in [1.82, 2.24) is 4.98 Å². The molecule has 0 radical (unpaired) electrons. The van der Waals surface area contributed by atoms with E-state index in [1.54, 1.807) is 30.3 Å². The van der Waals surface area contributed by atoms with Gasteiger partial charge in [0.05, 0.1) is 13.7 Å². The maximum atomic E-state index is 15.6. The Morgan fingerprint density at radius 3 is 2.46 bits per heavy atom. The summed E-state index contributed by atoms with van der Waals surface area (Å²) < 4.78 is 44.9. The van der Waals surface area contributed by atoms with E-state index in [1.807, 2.05) is 30.3 Å². The summed E-state index contributed by atoms with van der Waals surface area (Å²) >= 11 is 0. The Labute approximate surface area is 201 Å². The molecule has 35 heavy (non-hydrogen) atoms. The molecule has 3 aromatic carbocycles. The van der Waals surface area contributed by atoms with Gasteiger partial charge in [-0.2, -0.15) is 0 Å². The van der Waals surface area contributed by atoms with Gasteiger partial charge in [-0.1, -0.05) is 42.5 Å². The topological polar surface area (TPSA) is 69.7 Å². The maximum absolute atomic E-state index is 15.6. The van der Waals surface area contributed by atoms with Gasteiger partial charge in [0.15, 0.2) is 5.82 Å². The second kappa shape index (κ2) is 11.3. The molecule has 0 saturated heterocycles. The first-order valence-electron chi connectivity index (χ1n) is 11.0. The molecular weight excluding hydrogens is 454 g/mol. The van der Waals surface area contributed by atoms with Crippen molar-refractivity contribution in [2.45, 2.75) is 13.0 Å². The average molecular weight is 478 g/mol. The molecule has 1 heterocycles. The van der Waals surface area contributed by atoms with Gasteiger partial charge in [-0.15, -0.1) is 0 Å². The van der Waals surface area contributed by atoms with Crippen molar-refractivity contribution in [2.75, 3.05) is 25.6 Å². The number of nitrogens with zero attached hydrogens (tertiary/aromatic N) is 1. The predicted octanol–water partition coefficient (Wildman–Crippen LogP) is 5.30. The van der Waals surface area contributed by atoms with Crippen molar-refractivity contribution in [3.8, 4) is 11.6 Å². The summed E-state index contributed by atoms with van der Waals surface area (Å²) in [5.74, 6) is -1.03. The van der Waals surface area contributed by atoms with E-state index in [2.05, 4.69) is 15.0 Å². The zero-order valence-electron chi connectivity index (χ0n) is 19.1. The second-order valence-corrected chi connectivity index (χ2v) is 7.71. The molecule has 0 fully saturated rings. The van der Waals surface area contributed by atoms with Gasteiger partial charge in [-0.3, -0.25) is 4.79 Å². The molecule has 0 aliphatic carbocycles. The minimum Gasteiger partial charge on any atom is -0.487 e. The highest BCUT2D eigenvalue weighted by Gasteiger charge is 2.18. The molecule has 6 nitrogen and oxygen atoms in total.